The third kappa shape index (κ3) is 3.31. The molecule has 0 fully saturated rings. The lowest BCUT2D eigenvalue weighted by atomic mass is 10.5. The Morgan fingerprint density at radius 1 is 1.77 bits per heavy atom. The molecule has 1 rings (SSSR count). The van der Waals surface area contributed by atoms with Gasteiger partial charge in [0.05, 0.1) is 6.54 Å². The minimum absolute atomic E-state index is 0.0336. The van der Waals surface area contributed by atoms with Crippen molar-refractivity contribution < 1.29 is 4.79 Å². The van der Waals surface area contributed by atoms with Gasteiger partial charge in [0.1, 0.15) is 4.60 Å². The molecule has 0 aliphatic rings. The van der Waals surface area contributed by atoms with Gasteiger partial charge in [0.15, 0.2) is 5.13 Å². The van der Waals surface area contributed by atoms with Crippen molar-refractivity contribution in [2.75, 3.05) is 26.0 Å². The fourth-order valence-corrected chi connectivity index (χ4v) is 1.79. The number of rotatable bonds is 3. The van der Waals surface area contributed by atoms with E-state index in [1.165, 1.54) is 16.2 Å². The van der Waals surface area contributed by atoms with Crippen LogP contribution in [0.1, 0.15) is 0 Å². The Hall–Kier alpha value is -0.620. The van der Waals surface area contributed by atoms with Crippen LogP contribution in [-0.4, -0.2) is 36.4 Å². The van der Waals surface area contributed by atoms with Crippen LogP contribution in [0.25, 0.3) is 0 Å². The second-order valence-corrected chi connectivity index (χ2v) is 4.29. The van der Waals surface area contributed by atoms with Gasteiger partial charge in [-0.15, -0.1) is 11.3 Å². The maximum Gasteiger partial charge on any atom is 0.241 e. The molecule has 13 heavy (non-hydrogen) atoms. The monoisotopic (exact) mass is 263 g/mol. The molecule has 0 saturated heterocycles. The van der Waals surface area contributed by atoms with Gasteiger partial charge in [0.25, 0.3) is 0 Å². The molecule has 1 N–H and O–H groups in total. The first-order valence-corrected chi connectivity index (χ1v) is 5.32. The predicted octanol–water partition coefficient (Wildman–Crippen LogP) is 1.41. The molecule has 0 unspecified atom stereocenters. The molecule has 6 heteroatoms. The molecule has 0 aliphatic heterocycles. The summed E-state index contributed by atoms with van der Waals surface area (Å²) in [6.07, 6.45) is 0. The molecule has 0 bridgehead atoms. The minimum Gasteiger partial charge on any atom is -0.352 e. The lowest BCUT2D eigenvalue weighted by Crippen LogP contribution is -2.28. The van der Waals surface area contributed by atoms with Gasteiger partial charge in [0.2, 0.25) is 5.91 Å². The molecular weight excluding hydrogens is 254 g/mol. The smallest absolute Gasteiger partial charge is 0.241 e. The van der Waals surface area contributed by atoms with Crippen molar-refractivity contribution in [1.29, 1.82) is 0 Å². The summed E-state index contributed by atoms with van der Waals surface area (Å²) in [4.78, 5) is 16.8. The number of carbonyl (C=O) groups is 1. The fourth-order valence-electron chi connectivity index (χ4n) is 0.645. The molecule has 1 amide bonds. The zero-order chi connectivity index (χ0) is 9.84. The zero-order valence-electron chi connectivity index (χ0n) is 7.37. The summed E-state index contributed by atoms with van der Waals surface area (Å²) in [6, 6.07) is 0. The summed E-state index contributed by atoms with van der Waals surface area (Å²) >= 11 is 4.70. The number of carbonyl (C=O) groups excluding carboxylic acids is 1. The van der Waals surface area contributed by atoms with Crippen molar-refractivity contribution in [3.8, 4) is 0 Å². The maximum absolute atomic E-state index is 11.2. The van der Waals surface area contributed by atoms with Crippen LogP contribution in [0.2, 0.25) is 0 Å². The standard InChI is InChI=1S/C7H10BrN3OS/c1-11(2)6(12)3-9-7-10-5(8)4-13-7/h4H,3H2,1-2H3,(H,9,10). The Kier molecular flexibility index (Phi) is 3.68. The highest BCUT2D eigenvalue weighted by molar-refractivity contribution is 9.10. The van der Waals surface area contributed by atoms with Gasteiger partial charge in [-0.05, 0) is 15.9 Å². The number of amides is 1. The highest BCUT2D eigenvalue weighted by atomic mass is 79.9. The summed E-state index contributed by atoms with van der Waals surface area (Å²) in [5, 5.41) is 5.55. The van der Waals surface area contributed by atoms with Gasteiger partial charge < -0.3 is 10.2 Å². The van der Waals surface area contributed by atoms with E-state index < -0.39 is 0 Å². The number of aromatic nitrogens is 1. The van der Waals surface area contributed by atoms with Gasteiger partial charge in [-0.1, -0.05) is 0 Å². The molecule has 0 aromatic carbocycles. The molecule has 1 aromatic heterocycles. The van der Waals surface area contributed by atoms with Crippen molar-refractivity contribution in [3.63, 3.8) is 0 Å². The Morgan fingerprint density at radius 3 is 2.92 bits per heavy atom. The Morgan fingerprint density at radius 2 is 2.46 bits per heavy atom. The number of hydrogen-bond acceptors (Lipinski definition) is 4. The molecule has 72 valence electrons. The van der Waals surface area contributed by atoms with E-state index in [9.17, 15) is 4.79 Å². The van der Waals surface area contributed by atoms with Gasteiger partial charge >= 0.3 is 0 Å². The minimum atomic E-state index is 0.0336. The fraction of sp³-hybridized carbons (Fsp3) is 0.429. The van der Waals surface area contributed by atoms with Crippen LogP contribution in [0.4, 0.5) is 5.13 Å². The number of likely N-dealkylation sites (N-methyl/N-ethyl adjacent to an activating group) is 1. The van der Waals surface area contributed by atoms with Gasteiger partial charge in [0, 0.05) is 19.5 Å². The Bertz CT molecular complexity index is 300. The number of hydrogen-bond donors (Lipinski definition) is 1. The van der Waals surface area contributed by atoms with Gasteiger partial charge in [-0.25, -0.2) is 4.98 Å². The second kappa shape index (κ2) is 4.57. The van der Waals surface area contributed by atoms with Crippen molar-refractivity contribution in [2.45, 2.75) is 0 Å². The number of halogens is 1. The molecule has 1 heterocycles. The van der Waals surface area contributed by atoms with Crippen LogP contribution in [0.5, 0.6) is 0 Å². The molecule has 0 spiro atoms. The topological polar surface area (TPSA) is 45.2 Å². The van der Waals surface area contributed by atoms with Crippen LogP contribution < -0.4 is 5.32 Å². The first-order valence-electron chi connectivity index (χ1n) is 3.64. The third-order valence-corrected chi connectivity index (χ3v) is 2.88. The molecule has 0 saturated carbocycles. The average Bonchev–Trinajstić information content (AvgIpc) is 2.47. The van der Waals surface area contributed by atoms with Gasteiger partial charge in [-0.2, -0.15) is 0 Å². The normalized spacial score (nSPS) is 9.77. The average molecular weight is 264 g/mol. The van der Waals surface area contributed by atoms with Crippen LogP contribution in [0.3, 0.4) is 0 Å². The van der Waals surface area contributed by atoms with Gasteiger partial charge in [-0.3, -0.25) is 4.79 Å². The van der Waals surface area contributed by atoms with E-state index in [0.29, 0.717) is 0 Å². The highest BCUT2D eigenvalue weighted by Crippen LogP contribution is 2.18. The molecule has 4 nitrogen and oxygen atoms in total. The van der Waals surface area contributed by atoms with E-state index in [-0.39, 0.29) is 12.5 Å². The van der Waals surface area contributed by atoms with E-state index in [0.717, 1.165) is 9.73 Å². The van der Waals surface area contributed by atoms with Crippen LogP contribution >= 0.6 is 27.3 Å². The molecule has 0 atom stereocenters. The number of nitrogens with one attached hydrogen (secondary N) is 1. The maximum atomic E-state index is 11.2. The van der Waals surface area contributed by atoms with Crippen molar-refractivity contribution >= 4 is 38.3 Å². The van der Waals surface area contributed by atoms with E-state index in [2.05, 4.69) is 26.2 Å². The summed E-state index contributed by atoms with van der Waals surface area (Å²) in [7, 11) is 3.45. The molecule has 0 radical (unpaired) electrons. The van der Waals surface area contributed by atoms with E-state index in [4.69, 9.17) is 0 Å². The molecular formula is C7H10BrN3OS. The van der Waals surface area contributed by atoms with Crippen LogP contribution in [0.15, 0.2) is 9.98 Å². The van der Waals surface area contributed by atoms with Crippen molar-refractivity contribution in [3.05, 3.63) is 9.98 Å². The third-order valence-electron chi connectivity index (χ3n) is 1.37. The second-order valence-electron chi connectivity index (χ2n) is 2.62. The number of anilines is 1. The molecule has 0 aliphatic carbocycles. The van der Waals surface area contributed by atoms with E-state index >= 15 is 0 Å². The Balaban J connectivity index is 2.39. The van der Waals surface area contributed by atoms with Crippen LogP contribution in [0, 0.1) is 0 Å². The summed E-state index contributed by atoms with van der Waals surface area (Å²) in [6.45, 7) is 0.285. The summed E-state index contributed by atoms with van der Waals surface area (Å²) in [5.41, 5.74) is 0. The molecule has 1 aromatic rings. The quantitative estimate of drug-likeness (QED) is 0.897. The van der Waals surface area contributed by atoms with E-state index in [1.807, 2.05) is 5.38 Å². The van der Waals surface area contributed by atoms with E-state index in [1.54, 1.807) is 14.1 Å². The van der Waals surface area contributed by atoms with Crippen molar-refractivity contribution in [1.82, 2.24) is 9.88 Å². The SMILES string of the molecule is CN(C)C(=O)CNc1nc(Br)cs1. The highest BCUT2D eigenvalue weighted by Gasteiger charge is 2.04. The van der Waals surface area contributed by atoms with Crippen LogP contribution in [-0.2, 0) is 4.79 Å². The Labute approximate surface area is 89.1 Å². The first-order chi connectivity index (χ1) is 6.09. The lowest BCUT2D eigenvalue weighted by Gasteiger charge is -2.09. The summed E-state index contributed by atoms with van der Waals surface area (Å²) < 4.78 is 0.789. The number of thiazole rings is 1. The number of nitrogens with zero attached hydrogens (tertiary/aromatic N) is 2. The summed E-state index contributed by atoms with van der Waals surface area (Å²) in [5.74, 6) is 0.0336. The largest absolute Gasteiger partial charge is 0.352 e. The lowest BCUT2D eigenvalue weighted by molar-refractivity contribution is -0.126. The van der Waals surface area contributed by atoms with Crippen molar-refractivity contribution in [2.24, 2.45) is 0 Å². The first kappa shape index (κ1) is 10.5. The predicted molar refractivity (Wildman–Crippen MR) is 57.0 cm³/mol. The zero-order valence-corrected chi connectivity index (χ0v) is 9.78.